The number of rotatable bonds is 7. The minimum absolute atomic E-state index is 0.0939. The largest absolute Gasteiger partial charge is 0.452 e. The molecule has 1 aliphatic heterocycles. The first-order valence-electron chi connectivity index (χ1n) is 9.31. The molecule has 29 heavy (non-hydrogen) atoms. The number of nitrogens with zero attached hydrogens (tertiary/aromatic N) is 1. The molecule has 0 aromatic heterocycles. The van der Waals surface area contributed by atoms with Crippen molar-refractivity contribution in [3.05, 3.63) is 29.8 Å². The van der Waals surface area contributed by atoms with Gasteiger partial charge in [0.25, 0.3) is 5.91 Å². The van der Waals surface area contributed by atoms with Crippen LogP contribution in [0.3, 0.4) is 0 Å². The molecule has 1 fully saturated rings. The molecule has 0 radical (unpaired) electrons. The number of carbonyl (C=O) groups excluding carboxylic acids is 3. The van der Waals surface area contributed by atoms with Gasteiger partial charge in [-0.1, -0.05) is 32.9 Å². The second-order valence-electron chi connectivity index (χ2n) is 7.78. The fourth-order valence-electron chi connectivity index (χ4n) is 2.71. The van der Waals surface area contributed by atoms with Crippen molar-refractivity contribution < 1.29 is 27.5 Å². The lowest BCUT2D eigenvalue weighted by Crippen LogP contribution is -2.42. The first-order chi connectivity index (χ1) is 13.4. The molecule has 10 heteroatoms. The van der Waals surface area contributed by atoms with Crippen LogP contribution in [0.15, 0.2) is 29.2 Å². The van der Waals surface area contributed by atoms with Crippen LogP contribution in [0.1, 0.15) is 39.7 Å². The number of nitrogens with one attached hydrogen (secondary N) is 2. The predicted molar refractivity (Wildman–Crippen MR) is 106 cm³/mol. The summed E-state index contributed by atoms with van der Waals surface area (Å²) in [5.74, 6) is -1.36. The second-order valence-corrected chi connectivity index (χ2v) is 9.54. The number of sulfonamides is 1. The van der Waals surface area contributed by atoms with Crippen molar-refractivity contribution in [1.29, 1.82) is 0 Å². The standard InChI is InChI=1S/C19H27N3O6S/c1-13(17(24)22-12-11-20-18(22)25)28-16(23)9-10-21-29(26,27)15-7-5-14(6-8-15)19(2,3)4/h5-8,13,21H,9-12H2,1-4H3,(H,20,25)/t13-/m0/s1. The molecule has 1 heterocycles. The van der Waals surface area contributed by atoms with Crippen LogP contribution < -0.4 is 10.0 Å². The van der Waals surface area contributed by atoms with E-state index in [2.05, 4.69) is 10.0 Å². The van der Waals surface area contributed by atoms with Crippen LogP contribution in [-0.4, -0.2) is 57.0 Å². The average molecular weight is 426 g/mol. The molecule has 160 valence electrons. The molecular weight excluding hydrogens is 398 g/mol. The van der Waals surface area contributed by atoms with Gasteiger partial charge in [-0.3, -0.25) is 14.5 Å². The highest BCUT2D eigenvalue weighted by atomic mass is 32.2. The van der Waals surface area contributed by atoms with Gasteiger partial charge in [0.05, 0.1) is 11.3 Å². The molecule has 1 aromatic rings. The number of hydrogen-bond acceptors (Lipinski definition) is 6. The monoisotopic (exact) mass is 425 g/mol. The van der Waals surface area contributed by atoms with Gasteiger partial charge >= 0.3 is 12.0 Å². The van der Waals surface area contributed by atoms with Crippen LogP contribution in [0.2, 0.25) is 0 Å². The number of urea groups is 1. The zero-order chi connectivity index (χ0) is 21.8. The van der Waals surface area contributed by atoms with Crippen LogP contribution in [0.4, 0.5) is 4.79 Å². The van der Waals surface area contributed by atoms with Gasteiger partial charge in [0, 0.05) is 19.6 Å². The number of hydrogen-bond donors (Lipinski definition) is 2. The van der Waals surface area contributed by atoms with Crippen LogP contribution in [0.25, 0.3) is 0 Å². The van der Waals surface area contributed by atoms with Crippen molar-refractivity contribution >= 4 is 27.9 Å². The summed E-state index contributed by atoms with van der Waals surface area (Å²) in [6, 6.07) is 6.02. The average Bonchev–Trinajstić information content (AvgIpc) is 3.06. The molecule has 2 rings (SSSR count). The van der Waals surface area contributed by atoms with Gasteiger partial charge in [-0.2, -0.15) is 0 Å². The van der Waals surface area contributed by atoms with Gasteiger partial charge in [0.1, 0.15) is 0 Å². The Morgan fingerprint density at radius 1 is 1.24 bits per heavy atom. The molecule has 3 amide bonds. The summed E-state index contributed by atoms with van der Waals surface area (Å²) in [4.78, 5) is 36.5. The molecular formula is C19H27N3O6S. The topological polar surface area (TPSA) is 122 Å². The summed E-state index contributed by atoms with van der Waals surface area (Å²) in [5.41, 5.74) is 0.911. The van der Waals surface area contributed by atoms with E-state index in [-0.39, 0.29) is 29.8 Å². The highest BCUT2D eigenvalue weighted by Gasteiger charge is 2.31. The highest BCUT2D eigenvalue weighted by molar-refractivity contribution is 7.89. The quantitative estimate of drug-likeness (QED) is 0.632. The van der Waals surface area contributed by atoms with E-state index in [1.807, 2.05) is 20.8 Å². The van der Waals surface area contributed by atoms with E-state index in [0.29, 0.717) is 6.54 Å². The van der Waals surface area contributed by atoms with Crippen molar-refractivity contribution in [3.8, 4) is 0 Å². The third-order valence-electron chi connectivity index (χ3n) is 4.43. The van der Waals surface area contributed by atoms with Gasteiger partial charge in [0.2, 0.25) is 10.0 Å². The predicted octanol–water partition coefficient (Wildman–Crippen LogP) is 1.14. The molecule has 2 N–H and O–H groups in total. The Balaban J connectivity index is 1.84. The van der Waals surface area contributed by atoms with Crippen molar-refractivity contribution in [3.63, 3.8) is 0 Å². The fourth-order valence-corrected chi connectivity index (χ4v) is 3.74. The summed E-state index contributed by atoms with van der Waals surface area (Å²) in [6.45, 7) is 7.85. The Morgan fingerprint density at radius 2 is 1.86 bits per heavy atom. The minimum atomic E-state index is -3.77. The van der Waals surface area contributed by atoms with Crippen molar-refractivity contribution in [2.75, 3.05) is 19.6 Å². The highest BCUT2D eigenvalue weighted by Crippen LogP contribution is 2.23. The van der Waals surface area contributed by atoms with Crippen LogP contribution in [0.5, 0.6) is 0 Å². The maximum Gasteiger partial charge on any atom is 0.324 e. The SMILES string of the molecule is C[C@H](OC(=O)CCNS(=O)(=O)c1ccc(C(C)(C)C)cc1)C(=O)N1CCNC1=O. The Labute approximate surface area is 170 Å². The van der Waals surface area contributed by atoms with Gasteiger partial charge < -0.3 is 10.1 Å². The number of ether oxygens (including phenoxy) is 1. The molecule has 1 aromatic carbocycles. The summed E-state index contributed by atoms with van der Waals surface area (Å²) in [6.07, 6.45) is -1.38. The second kappa shape index (κ2) is 8.91. The minimum Gasteiger partial charge on any atom is -0.452 e. The van der Waals surface area contributed by atoms with E-state index in [9.17, 15) is 22.8 Å². The summed E-state index contributed by atoms with van der Waals surface area (Å²) in [7, 11) is -3.77. The van der Waals surface area contributed by atoms with E-state index in [0.717, 1.165) is 10.5 Å². The van der Waals surface area contributed by atoms with Crippen LogP contribution in [0, 0.1) is 0 Å². The number of amides is 3. The Kier molecular flexibility index (Phi) is 7.02. The molecule has 1 atom stereocenters. The molecule has 1 saturated heterocycles. The van der Waals surface area contributed by atoms with Crippen LogP contribution in [-0.2, 0) is 29.8 Å². The van der Waals surface area contributed by atoms with Gasteiger partial charge in [0.15, 0.2) is 6.10 Å². The first-order valence-corrected chi connectivity index (χ1v) is 10.8. The van der Waals surface area contributed by atoms with Crippen LogP contribution >= 0.6 is 0 Å². The van der Waals surface area contributed by atoms with Gasteiger partial charge in [-0.05, 0) is 30.0 Å². The molecule has 0 unspecified atom stereocenters. The van der Waals surface area contributed by atoms with E-state index in [4.69, 9.17) is 4.74 Å². The van der Waals surface area contributed by atoms with Crippen molar-refractivity contribution in [1.82, 2.24) is 14.9 Å². The Hall–Kier alpha value is -2.46. The Bertz CT molecular complexity index is 874. The fraction of sp³-hybridized carbons (Fsp3) is 0.526. The smallest absolute Gasteiger partial charge is 0.324 e. The van der Waals surface area contributed by atoms with E-state index < -0.39 is 34.0 Å². The lowest BCUT2D eigenvalue weighted by molar-refractivity contribution is -0.157. The zero-order valence-corrected chi connectivity index (χ0v) is 17.8. The van der Waals surface area contributed by atoms with E-state index in [1.54, 1.807) is 12.1 Å². The normalized spacial score (nSPS) is 15.7. The van der Waals surface area contributed by atoms with Crippen molar-refractivity contribution in [2.45, 2.75) is 50.5 Å². The summed E-state index contributed by atoms with van der Waals surface area (Å²) in [5, 5.41) is 2.49. The summed E-state index contributed by atoms with van der Waals surface area (Å²) < 4.78 is 32.0. The molecule has 0 bridgehead atoms. The number of imide groups is 1. The third kappa shape index (κ3) is 6.01. The van der Waals surface area contributed by atoms with E-state index in [1.165, 1.54) is 19.1 Å². The Morgan fingerprint density at radius 3 is 2.38 bits per heavy atom. The molecule has 0 saturated carbocycles. The number of carbonyl (C=O) groups is 3. The maximum absolute atomic E-state index is 12.3. The first kappa shape index (κ1) is 22.8. The molecule has 0 aliphatic carbocycles. The zero-order valence-electron chi connectivity index (χ0n) is 17.0. The molecule has 0 spiro atoms. The van der Waals surface area contributed by atoms with Gasteiger partial charge in [-0.25, -0.2) is 17.9 Å². The number of esters is 1. The number of benzene rings is 1. The molecule has 1 aliphatic rings. The third-order valence-corrected chi connectivity index (χ3v) is 5.91. The summed E-state index contributed by atoms with van der Waals surface area (Å²) >= 11 is 0. The van der Waals surface area contributed by atoms with E-state index >= 15 is 0 Å². The lowest BCUT2D eigenvalue weighted by Gasteiger charge is -2.19. The van der Waals surface area contributed by atoms with Crippen molar-refractivity contribution in [2.24, 2.45) is 0 Å². The maximum atomic E-state index is 12.3. The van der Waals surface area contributed by atoms with Gasteiger partial charge in [-0.15, -0.1) is 0 Å². The molecule has 9 nitrogen and oxygen atoms in total. The lowest BCUT2D eigenvalue weighted by atomic mass is 9.87.